The average Bonchev–Trinajstić information content (AvgIpc) is 2.46. The molecule has 3 heteroatoms. The molecule has 0 aliphatic rings. The predicted octanol–water partition coefficient (Wildman–Crippen LogP) is 2.38. The van der Waals surface area contributed by atoms with Gasteiger partial charge in [-0.2, -0.15) is 0 Å². The highest BCUT2D eigenvalue weighted by Gasteiger charge is 2.11. The van der Waals surface area contributed by atoms with Crippen LogP contribution in [0.2, 0.25) is 0 Å². The molecular formula is C15H18N2O. The molecule has 0 fully saturated rings. The van der Waals surface area contributed by atoms with Gasteiger partial charge in [0.1, 0.15) is 5.75 Å². The Morgan fingerprint density at radius 1 is 1.17 bits per heavy atom. The number of hydrogen-bond donors (Lipinski definition) is 1. The molecule has 0 radical (unpaired) electrons. The van der Waals surface area contributed by atoms with Crippen LogP contribution in [-0.2, 0) is 6.42 Å². The Labute approximate surface area is 108 Å². The number of ether oxygens (including phenoxy) is 1. The lowest BCUT2D eigenvalue weighted by Crippen LogP contribution is -2.16. The fourth-order valence-electron chi connectivity index (χ4n) is 1.97. The molecule has 0 amide bonds. The first kappa shape index (κ1) is 12.6. The molecule has 0 bridgehead atoms. The molecular weight excluding hydrogens is 224 g/mol. The fourth-order valence-corrected chi connectivity index (χ4v) is 1.97. The lowest BCUT2D eigenvalue weighted by atomic mass is 9.96. The van der Waals surface area contributed by atoms with Crippen molar-refractivity contribution in [2.75, 3.05) is 13.7 Å². The van der Waals surface area contributed by atoms with Crippen LogP contribution < -0.4 is 10.5 Å². The van der Waals surface area contributed by atoms with Gasteiger partial charge >= 0.3 is 0 Å². The van der Waals surface area contributed by atoms with Crippen LogP contribution in [0.1, 0.15) is 17.2 Å². The summed E-state index contributed by atoms with van der Waals surface area (Å²) in [5.74, 6) is 1.14. The van der Waals surface area contributed by atoms with Crippen molar-refractivity contribution in [2.45, 2.75) is 12.3 Å². The maximum atomic E-state index is 5.84. The number of hydrogen-bond acceptors (Lipinski definition) is 3. The summed E-state index contributed by atoms with van der Waals surface area (Å²) in [7, 11) is 1.67. The van der Waals surface area contributed by atoms with Crippen LogP contribution >= 0.6 is 0 Å². The van der Waals surface area contributed by atoms with Gasteiger partial charge in [0.05, 0.1) is 7.11 Å². The van der Waals surface area contributed by atoms with Gasteiger partial charge in [0.2, 0.25) is 0 Å². The van der Waals surface area contributed by atoms with E-state index in [0.717, 1.165) is 17.9 Å². The summed E-state index contributed by atoms with van der Waals surface area (Å²) < 4.78 is 5.15. The minimum atomic E-state index is 0.264. The van der Waals surface area contributed by atoms with E-state index in [0.29, 0.717) is 6.54 Å². The van der Waals surface area contributed by atoms with Crippen molar-refractivity contribution in [1.29, 1.82) is 0 Å². The highest BCUT2D eigenvalue weighted by molar-refractivity contribution is 5.28. The Hall–Kier alpha value is -1.87. The Kier molecular flexibility index (Phi) is 4.31. The quantitative estimate of drug-likeness (QED) is 0.875. The third kappa shape index (κ3) is 3.08. The van der Waals surface area contributed by atoms with E-state index in [1.54, 1.807) is 7.11 Å². The summed E-state index contributed by atoms with van der Waals surface area (Å²) in [6.07, 6.45) is 2.71. The van der Waals surface area contributed by atoms with Gasteiger partial charge in [-0.05, 0) is 36.2 Å². The molecule has 2 rings (SSSR count). The standard InChI is InChI=1S/C15H18N2O/c1-18-14-7-5-12(6-8-14)10-13(11-16)15-4-2-3-9-17-15/h2-9,13H,10-11,16H2,1H3. The SMILES string of the molecule is COc1ccc(CC(CN)c2ccccn2)cc1. The van der Waals surface area contributed by atoms with Crippen LogP contribution in [0.5, 0.6) is 5.75 Å². The van der Waals surface area contributed by atoms with Crippen LogP contribution in [0.25, 0.3) is 0 Å². The second kappa shape index (κ2) is 6.17. The van der Waals surface area contributed by atoms with Crippen molar-refractivity contribution in [3.05, 3.63) is 59.9 Å². The van der Waals surface area contributed by atoms with E-state index < -0.39 is 0 Å². The molecule has 0 saturated carbocycles. The molecule has 2 N–H and O–H groups in total. The van der Waals surface area contributed by atoms with E-state index >= 15 is 0 Å². The van der Waals surface area contributed by atoms with Crippen LogP contribution in [-0.4, -0.2) is 18.6 Å². The van der Waals surface area contributed by atoms with Gasteiger partial charge in [0.25, 0.3) is 0 Å². The van der Waals surface area contributed by atoms with Crippen molar-refractivity contribution in [3.8, 4) is 5.75 Å². The molecule has 0 spiro atoms. The smallest absolute Gasteiger partial charge is 0.118 e. The Morgan fingerprint density at radius 2 is 1.94 bits per heavy atom. The van der Waals surface area contributed by atoms with Gasteiger partial charge in [-0.1, -0.05) is 18.2 Å². The highest BCUT2D eigenvalue weighted by atomic mass is 16.5. The summed E-state index contributed by atoms with van der Waals surface area (Å²) >= 11 is 0. The molecule has 1 atom stereocenters. The van der Waals surface area contributed by atoms with E-state index in [2.05, 4.69) is 17.1 Å². The van der Waals surface area contributed by atoms with Gasteiger partial charge in [0, 0.05) is 24.4 Å². The van der Waals surface area contributed by atoms with Crippen molar-refractivity contribution < 1.29 is 4.74 Å². The summed E-state index contributed by atoms with van der Waals surface area (Å²) in [6.45, 7) is 0.600. The first-order chi connectivity index (χ1) is 8.83. The lowest BCUT2D eigenvalue weighted by molar-refractivity contribution is 0.414. The maximum absolute atomic E-state index is 5.84. The second-order valence-electron chi connectivity index (χ2n) is 4.24. The summed E-state index contributed by atoms with van der Waals surface area (Å²) in [6, 6.07) is 14.0. The second-order valence-corrected chi connectivity index (χ2v) is 4.24. The van der Waals surface area contributed by atoms with E-state index in [-0.39, 0.29) is 5.92 Å². The largest absolute Gasteiger partial charge is 0.497 e. The number of benzene rings is 1. The first-order valence-corrected chi connectivity index (χ1v) is 6.07. The zero-order chi connectivity index (χ0) is 12.8. The third-order valence-electron chi connectivity index (χ3n) is 3.03. The van der Waals surface area contributed by atoms with Crippen LogP contribution in [0.3, 0.4) is 0 Å². The van der Waals surface area contributed by atoms with Gasteiger partial charge in [-0.3, -0.25) is 4.98 Å². The van der Waals surface area contributed by atoms with E-state index in [9.17, 15) is 0 Å². The van der Waals surface area contributed by atoms with Gasteiger partial charge in [-0.15, -0.1) is 0 Å². The topological polar surface area (TPSA) is 48.1 Å². The number of pyridine rings is 1. The van der Waals surface area contributed by atoms with Crippen molar-refractivity contribution >= 4 is 0 Å². The highest BCUT2D eigenvalue weighted by Crippen LogP contribution is 2.19. The van der Waals surface area contributed by atoms with Gasteiger partial charge < -0.3 is 10.5 Å². The molecule has 2 aromatic rings. The molecule has 0 saturated heterocycles. The number of aromatic nitrogens is 1. The molecule has 1 heterocycles. The van der Waals surface area contributed by atoms with Crippen molar-refractivity contribution in [2.24, 2.45) is 5.73 Å². The monoisotopic (exact) mass is 242 g/mol. The van der Waals surface area contributed by atoms with Crippen molar-refractivity contribution in [1.82, 2.24) is 4.98 Å². The molecule has 0 aliphatic carbocycles. The third-order valence-corrected chi connectivity index (χ3v) is 3.03. The van der Waals surface area contributed by atoms with Gasteiger partial charge in [0.15, 0.2) is 0 Å². The number of rotatable bonds is 5. The normalized spacial score (nSPS) is 12.1. The van der Waals surface area contributed by atoms with Crippen LogP contribution in [0.15, 0.2) is 48.7 Å². The molecule has 1 aromatic carbocycles. The lowest BCUT2D eigenvalue weighted by Gasteiger charge is -2.14. The molecule has 1 aromatic heterocycles. The molecule has 1 unspecified atom stereocenters. The van der Waals surface area contributed by atoms with Crippen LogP contribution in [0.4, 0.5) is 0 Å². The van der Waals surface area contributed by atoms with Crippen LogP contribution in [0, 0.1) is 0 Å². The van der Waals surface area contributed by atoms with Gasteiger partial charge in [-0.25, -0.2) is 0 Å². The summed E-state index contributed by atoms with van der Waals surface area (Å²) in [5, 5.41) is 0. The predicted molar refractivity (Wildman–Crippen MR) is 72.7 cm³/mol. The minimum absolute atomic E-state index is 0.264. The molecule has 94 valence electrons. The Bertz CT molecular complexity index is 468. The number of methoxy groups -OCH3 is 1. The zero-order valence-corrected chi connectivity index (χ0v) is 10.5. The number of nitrogens with zero attached hydrogens (tertiary/aromatic N) is 1. The maximum Gasteiger partial charge on any atom is 0.118 e. The van der Waals surface area contributed by atoms with E-state index in [1.807, 2.05) is 36.5 Å². The summed E-state index contributed by atoms with van der Waals surface area (Å²) in [5.41, 5.74) is 8.14. The molecule has 18 heavy (non-hydrogen) atoms. The van der Waals surface area contributed by atoms with E-state index in [1.165, 1.54) is 5.56 Å². The molecule has 3 nitrogen and oxygen atoms in total. The first-order valence-electron chi connectivity index (χ1n) is 6.07. The van der Waals surface area contributed by atoms with Crippen molar-refractivity contribution in [3.63, 3.8) is 0 Å². The fraction of sp³-hybridized carbons (Fsp3) is 0.267. The average molecular weight is 242 g/mol. The number of nitrogens with two attached hydrogens (primary N) is 1. The Balaban J connectivity index is 2.10. The van der Waals surface area contributed by atoms with E-state index in [4.69, 9.17) is 10.5 Å². The minimum Gasteiger partial charge on any atom is -0.497 e. The summed E-state index contributed by atoms with van der Waals surface area (Å²) in [4.78, 5) is 4.38. The molecule has 0 aliphatic heterocycles. The zero-order valence-electron chi connectivity index (χ0n) is 10.5. The Morgan fingerprint density at radius 3 is 2.50 bits per heavy atom.